The molecule has 0 aliphatic heterocycles. The number of rotatable bonds is 5. The molecule has 3 aromatic carbocycles. The maximum absolute atomic E-state index is 11.3. The second-order valence-corrected chi connectivity index (χ2v) is 10.0. The van der Waals surface area contributed by atoms with Crippen LogP contribution in [0.25, 0.3) is 33.6 Å². The van der Waals surface area contributed by atoms with Crippen molar-refractivity contribution in [2.75, 3.05) is 0 Å². The van der Waals surface area contributed by atoms with Gasteiger partial charge in [-0.15, -0.1) is 0 Å². The Bertz CT molecular complexity index is 1430. The molecule has 0 bridgehead atoms. The molecule has 10 heteroatoms. The van der Waals surface area contributed by atoms with E-state index in [-0.39, 0.29) is 15.5 Å². The van der Waals surface area contributed by atoms with Gasteiger partial charge in [0.15, 0.2) is 0 Å². The Labute approximate surface area is 190 Å². The normalized spacial score (nSPS) is 11.9. The van der Waals surface area contributed by atoms with Crippen LogP contribution in [0.4, 0.5) is 0 Å². The molecule has 0 saturated heterocycles. The summed E-state index contributed by atoms with van der Waals surface area (Å²) in [5.74, 6) is 0.106. The van der Waals surface area contributed by atoms with Crippen molar-refractivity contribution in [1.82, 2.24) is 4.98 Å². The summed E-state index contributed by atoms with van der Waals surface area (Å²) in [5, 5.41) is 9.60. The van der Waals surface area contributed by atoms with Crippen LogP contribution in [-0.2, 0) is 20.2 Å². The van der Waals surface area contributed by atoms with E-state index in [9.17, 15) is 31.0 Å². The Hall–Kier alpha value is -3.57. The highest BCUT2D eigenvalue weighted by atomic mass is 32.2. The number of nitrogens with zero attached hydrogens (tertiary/aromatic N) is 1. The summed E-state index contributed by atoms with van der Waals surface area (Å²) in [6.45, 7) is 0. The van der Waals surface area contributed by atoms with Gasteiger partial charge >= 0.3 is 0 Å². The highest BCUT2D eigenvalue weighted by Gasteiger charge is 2.14. The van der Waals surface area contributed by atoms with E-state index in [1.54, 1.807) is 24.3 Å². The molecule has 33 heavy (non-hydrogen) atoms. The molecule has 1 aromatic heterocycles. The molecule has 8 nitrogen and oxygen atoms in total. The standard InChI is InChI=1S/C23H17NO7S2/c25-19-7-1-15(2-8-19)18-13-22(16-3-9-20(10-4-16)32(26,27)28)24-23(14-18)17-5-11-21(12-6-17)33(29,30)31/h1-14,25H,(H,26,27,28)(H,29,30,31). The SMILES string of the molecule is O=S(=O)(O)c1ccc(-c2cc(-c3ccc(O)cc3)cc(-c3ccc(S(=O)(=O)O)cc3)n2)cc1. The maximum atomic E-state index is 11.3. The molecule has 0 fully saturated rings. The zero-order valence-corrected chi connectivity index (χ0v) is 18.5. The molecule has 4 aromatic rings. The number of hydrogen-bond donors (Lipinski definition) is 3. The minimum absolute atomic E-state index is 0.106. The summed E-state index contributed by atoms with van der Waals surface area (Å²) in [5.41, 5.74) is 3.68. The van der Waals surface area contributed by atoms with Crippen LogP contribution in [0, 0.1) is 0 Å². The van der Waals surface area contributed by atoms with Gasteiger partial charge in [0.05, 0.1) is 21.2 Å². The average molecular weight is 484 g/mol. The Morgan fingerprint density at radius 2 is 0.879 bits per heavy atom. The van der Waals surface area contributed by atoms with Gasteiger partial charge in [-0.25, -0.2) is 4.98 Å². The summed E-state index contributed by atoms with van der Waals surface area (Å²) < 4.78 is 63.8. The maximum Gasteiger partial charge on any atom is 0.294 e. The Morgan fingerprint density at radius 3 is 1.24 bits per heavy atom. The first kappa shape index (κ1) is 22.6. The summed E-state index contributed by atoms with van der Waals surface area (Å²) in [4.78, 5) is 4.13. The first-order valence-electron chi connectivity index (χ1n) is 9.48. The lowest BCUT2D eigenvalue weighted by molar-refractivity contribution is 0.475. The molecule has 0 spiro atoms. The van der Waals surface area contributed by atoms with Gasteiger partial charge in [0, 0.05) is 11.1 Å². The van der Waals surface area contributed by atoms with E-state index >= 15 is 0 Å². The molecule has 0 amide bonds. The molecule has 0 atom stereocenters. The second kappa shape index (κ2) is 8.41. The number of phenolic OH excluding ortho intramolecular Hbond substituents is 1. The zero-order chi connectivity index (χ0) is 23.8. The van der Waals surface area contributed by atoms with Gasteiger partial charge in [-0.1, -0.05) is 36.4 Å². The van der Waals surface area contributed by atoms with Gasteiger partial charge in [0.1, 0.15) is 5.75 Å². The lowest BCUT2D eigenvalue weighted by Gasteiger charge is -2.11. The van der Waals surface area contributed by atoms with Crippen LogP contribution < -0.4 is 0 Å². The van der Waals surface area contributed by atoms with Crippen LogP contribution in [0.1, 0.15) is 0 Å². The van der Waals surface area contributed by atoms with Gasteiger partial charge < -0.3 is 5.11 Å². The first-order valence-corrected chi connectivity index (χ1v) is 12.4. The predicted molar refractivity (Wildman–Crippen MR) is 122 cm³/mol. The lowest BCUT2D eigenvalue weighted by Crippen LogP contribution is -1.98. The Kier molecular flexibility index (Phi) is 5.76. The van der Waals surface area contributed by atoms with E-state index in [1.807, 2.05) is 0 Å². The summed E-state index contributed by atoms with van der Waals surface area (Å²) in [6, 6.07) is 21.2. The van der Waals surface area contributed by atoms with E-state index in [4.69, 9.17) is 0 Å². The molecule has 4 rings (SSSR count). The number of hydrogen-bond acceptors (Lipinski definition) is 6. The van der Waals surface area contributed by atoms with Crippen molar-refractivity contribution in [3.05, 3.63) is 84.9 Å². The monoisotopic (exact) mass is 483 g/mol. The lowest BCUT2D eigenvalue weighted by atomic mass is 10.00. The summed E-state index contributed by atoms with van der Waals surface area (Å²) >= 11 is 0. The molecule has 168 valence electrons. The van der Waals surface area contributed by atoms with Crippen molar-refractivity contribution in [2.24, 2.45) is 0 Å². The fourth-order valence-corrected chi connectivity index (χ4v) is 4.20. The molecule has 0 aliphatic rings. The van der Waals surface area contributed by atoms with Gasteiger partial charge in [-0.3, -0.25) is 9.11 Å². The van der Waals surface area contributed by atoms with Gasteiger partial charge in [0.25, 0.3) is 20.2 Å². The quantitative estimate of drug-likeness (QED) is 0.357. The third-order valence-corrected chi connectivity index (χ3v) is 6.66. The minimum atomic E-state index is -4.34. The van der Waals surface area contributed by atoms with Gasteiger partial charge in [0.2, 0.25) is 0 Å². The van der Waals surface area contributed by atoms with Crippen LogP contribution in [0.5, 0.6) is 5.75 Å². The van der Waals surface area contributed by atoms with Crippen LogP contribution in [0.15, 0.2) is 94.7 Å². The second-order valence-electron chi connectivity index (χ2n) is 7.17. The van der Waals surface area contributed by atoms with Gasteiger partial charge in [-0.05, 0) is 59.7 Å². The molecular formula is C23H17NO7S2. The van der Waals surface area contributed by atoms with Crippen LogP contribution in [0.2, 0.25) is 0 Å². The number of pyridine rings is 1. The highest BCUT2D eigenvalue weighted by molar-refractivity contribution is 7.86. The molecule has 0 aliphatic carbocycles. The highest BCUT2D eigenvalue weighted by Crippen LogP contribution is 2.31. The van der Waals surface area contributed by atoms with Crippen molar-refractivity contribution < 1.29 is 31.0 Å². The number of phenols is 1. The van der Waals surface area contributed by atoms with Crippen molar-refractivity contribution >= 4 is 20.2 Å². The van der Waals surface area contributed by atoms with Crippen LogP contribution >= 0.6 is 0 Å². The van der Waals surface area contributed by atoms with E-state index in [0.717, 1.165) is 11.1 Å². The predicted octanol–water partition coefficient (Wildman–Crippen LogP) is 4.28. The molecule has 3 N–H and O–H groups in total. The van der Waals surface area contributed by atoms with Crippen molar-refractivity contribution in [3.8, 4) is 39.4 Å². The van der Waals surface area contributed by atoms with Crippen molar-refractivity contribution in [3.63, 3.8) is 0 Å². The van der Waals surface area contributed by atoms with E-state index in [0.29, 0.717) is 22.5 Å². The summed E-state index contributed by atoms with van der Waals surface area (Å²) in [6.07, 6.45) is 0. The smallest absolute Gasteiger partial charge is 0.294 e. The zero-order valence-electron chi connectivity index (χ0n) is 16.8. The van der Waals surface area contributed by atoms with Crippen molar-refractivity contribution in [1.29, 1.82) is 0 Å². The third-order valence-electron chi connectivity index (χ3n) is 4.92. The number of benzene rings is 3. The first-order chi connectivity index (χ1) is 15.5. The molecule has 0 unspecified atom stereocenters. The third kappa shape index (κ3) is 5.10. The van der Waals surface area contributed by atoms with E-state index in [1.165, 1.54) is 60.7 Å². The van der Waals surface area contributed by atoms with Crippen LogP contribution in [-0.4, -0.2) is 36.0 Å². The molecule has 1 heterocycles. The Balaban J connectivity index is 1.86. The fraction of sp³-hybridized carbons (Fsp3) is 0. The summed E-state index contributed by atoms with van der Waals surface area (Å²) in [7, 11) is -8.68. The fourth-order valence-electron chi connectivity index (χ4n) is 3.24. The number of aromatic nitrogens is 1. The Morgan fingerprint density at radius 1 is 0.515 bits per heavy atom. The van der Waals surface area contributed by atoms with Crippen molar-refractivity contribution in [2.45, 2.75) is 9.79 Å². The van der Waals surface area contributed by atoms with E-state index < -0.39 is 20.2 Å². The molecular weight excluding hydrogens is 466 g/mol. The molecule has 0 radical (unpaired) electrons. The largest absolute Gasteiger partial charge is 0.508 e. The average Bonchev–Trinajstić information content (AvgIpc) is 2.78. The number of aromatic hydroxyl groups is 1. The molecule has 0 saturated carbocycles. The van der Waals surface area contributed by atoms with E-state index in [2.05, 4.69) is 4.98 Å². The minimum Gasteiger partial charge on any atom is -0.508 e. The van der Waals surface area contributed by atoms with Gasteiger partial charge in [-0.2, -0.15) is 16.8 Å². The van der Waals surface area contributed by atoms with Crippen LogP contribution in [0.3, 0.4) is 0 Å². The topological polar surface area (TPSA) is 142 Å².